The number of oxazole rings is 1. The van der Waals surface area contributed by atoms with Crippen LogP contribution in [0.1, 0.15) is 49.2 Å². The van der Waals surface area contributed by atoms with Crippen LogP contribution in [0.3, 0.4) is 0 Å². The number of carboxylic acid groups (broad SMARTS) is 1. The van der Waals surface area contributed by atoms with Gasteiger partial charge in [-0.3, -0.25) is 4.99 Å². The number of phenolic OH excluding ortho intramolecular Hbond substituents is 1. The van der Waals surface area contributed by atoms with Gasteiger partial charge in [0.2, 0.25) is 5.89 Å². The topological polar surface area (TPSA) is 95.9 Å². The van der Waals surface area contributed by atoms with Crippen LogP contribution in [0, 0.1) is 6.92 Å². The van der Waals surface area contributed by atoms with E-state index in [0.717, 1.165) is 11.1 Å². The lowest BCUT2D eigenvalue weighted by molar-refractivity contribution is 0.0697. The quantitative estimate of drug-likeness (QED) is 0.338. The molecule has 0 saturated carbocycles. The second-order valence-corrected chi connectivity index (χ2v) is 6.38. The van der Waals surface area contributed by atoms with Crippen LogP contribution in [-0.2, 0) is 0 Å². The van der Waals surface area contributed by atoms with Crippen molar-refractivity contribution in [1.29, 1.82) is 0 Å². The molecule has 0 aliphatic carbocycles. The van der Waals surface area contributed by atoms with Gasteiger partial charge in [-0.05, 0) is 55.5 Å². The van der Waals surface area contributed by atoms with Crippen molar-refractivity contribution >= 4 is 29.0 Å². The largest absolute Gasteiger partial charge is 0.507 e. The summed E-state index contributed by atoms with van der Waals surface area (Å²) in [6, 6.07) is 17.3. The first kappa shape index (κ1) is 24.3. The number of aliphatic imine (C=N–C) groups is 1. The van der Waals surface area contributed by atoms with Crippen molar-refractivity contribution in [3.8, 4) is 17.2 Å². The molecule has 4 rings (SSSR count). The number of rotatable bonds is 4. The Morgan fingerprint density at radius 3 is 2.44 bits per heavy atom. The molecule has 1 heterocycles. The van der Waals surface area contributed by atoms with E-state index in [2.05, 4.69) is 9.98 Å². The summed E-state index contributed by atoms with van der Waals surface area (Å²) < 4.78 is 5.82. The number of nitrogens with zero attached hydrogens (tertiary/aromatic N) is 2. The van der Waals surface area contributed by atoms with Crippen LogP contribution in [0.2, 0.25) is 0 Å². The Hall–Kier alpha value is -3.93. The van der Waals surface area contributed by atoms with E-state index in [1.807, 2.05) is 58.9 Å². The molecule has 0 aliphatic rings. The Morgan fingerprint density at radius 2 is 1.75 bits per heavy atom. The van der Waals surface area contributed by atoms with Gasteiger partial charge in [0.25, 0.3) is 0 Å². The van der Waals surface area contributed by atoms with Gasteiger partial charge in [-0.25, -0.2) is 9.78 Å². The number of hydrogen-bond acceptors (Lipinski definition) is 5. The van der Waals surface area contributed by atoms with Crippen LogP contribution in [0.15, 0.2) is 70.1 Å². The lowest BCUT2D eigenvalue weighted by Gasteiger charge is -2.00. The van der Waals surface area contributed by atoms with E-state index < -0.39 is 5.97 Å². The average molecular weight is 433 g/mol. The zero-order valence-corrected chi connectivity index (χ0v) is 19.0. The van der Waals surface area contributed by atoms with Crippen LogP contribution in [0.4, 0.5) is 5.69 Å². The smallest absolute Gasteiger partial charge is 0.335 e. The number of carbonyl (C=O) groups is 1. The molecule has 0 fully saturated rings. The molecule has 166 valence electrons. The Labute approximate surface area is 187 Å². The van der Waals surface area contributed by atoms with Crippen molar-refractivity contribution in [3.05, 3.63) is 77.4 Å². The molecule has 6 heteroatoms. The number of aromatic hydroxyl groups is 1. The number of carboxylic acids is 1. The Morgan fingerprint density at radius 1 is 1.00 bits per heavy atom. The number of aryl methyl sites for hydroxylation is 1. The summed E-state index contributed by atoms with van der Waals surface area (Å²) >= 11 is 0. The van der Waals surface area contributed by atoms with E-state index in [-0.39, 0.29) is 11.3 Å². The molecule has 0 bridgehead atoms. The fraction of sp³-hybridized carbons (Fsp3) is 0.192. The van der Waals surface area contributed by atoms with E-state index >= 15 is 0 Å². The average Bonchev–Trinajstić information content (AvgIpc) is 3.24. The van der Waals surface area contributed by atoms with Gasteiger partial charge in [-0.2, -0.15) is 0 Å². The van der Waals surface area contributed by atoms with Gasteiger partial charge in [-0.1, -0.05) is 45.4 Å². The predicted molar refractivity (Wildman–Crippen MR) is 129 cm³/mol. The standard InChI is InChI=1S/C22H16N2O4.2C2H6/c1-13-3-2-4-14(9-13)21-24-18-11-17(6-8-20(18)28-21)23-12-16-10-15(22(26)27)5-7-19(16)25;2*1-2/h2-12,25H,1H3,(H,26,27);2*1-2H3. The van der Waals surface area contributed by atoms with Crippen molar-refractivity contribution in [1.82, 2.24) is 4.98 Å². The van der Waals surface area contributed by atoms with Crippen molar-refractivity contribution < 1.29 is 19.4 Å². The molecule has 32 heavy (non-hydrogen) atoms. The second kappa shape index (κ2) is 11.5. The molecule has 0 saturated heterocycles. The van der Waals surface area contributed by atoms with Gasteiger partial charge in [0.1, 0.15) is 11.3 Å². The Bertz CT molecular complexity index is 1230. The first-order valence-electron chi connectivity index (χ1n) is 10.6. The van der Waals surface area contributed by atoms with Crippen LogP contribution in [0.25, 0.3) is 22.6 Å². The third-order valence-electron chi connectivity index (χ3n) is 4.26. The van der Waals surface area contributed by atoms with Crippen LogP contribution in [0.5, 0.6) is 5.75 Å². The number of phenols is 1. The molecule has 0 spiro atoms. The number of aromatic carboxylic acids is 1. The zero-order valence-electron chi connectivity index (χ0n) is 19.0. The number of fused-ring (bicyclic) bond motifs is 1. The molecular formula is C26H28N2O4. The van der Waals surface area contributed by atoms with E-state index in [9.17, 15) is 9.90 Å². The van der Waals surface area contributed by atoms with Gasteiger partial charge >= 0.3 is 5.97 Å². The highest BCUT2D eigenvalue weighted by atomic mass is 16.4. The summed E-state index contributed by atoms with van der Waals surface area (Å²) in [5, 5.41) is 19.0. The van der Waals surface area contributed by atoms with E-state index in [1.54, 1.807) is 18.2 Å². The number of aromatic nitrogens is 1. The highest BCUT2D eigenvalue weighted by molar-refractivity contribution is 5.93. The van der Waals surface area contributed by atoms with Crippen LogP contribution in [-0.4, -0.2) is 27.4 Å². The third kappa shape index (κ3) is 5.82. The van der Waals surface area contributed by atoms with Gasteiger partial charge in [0.05, 0.1) is 11.3 Å². The van der Waals surface area contributed by atoms with Gasteiger partial charge in [0.15, 0.2) is 5.58 Å². The minimum absolute atomic E-state index is 0.0435. The molecule has 3 aromatic carbocycles. The van der Waals surface area contributed by atoms with Crippen LogP contribution >= 0.6 is 0 Å². The Balaban J connectivity index is 0.000000860. The van der Waals surface area contributed by atoms with Crippen molar-refractivity contribution in [3.63, 3.8) is 0 Å². The normalized spacial score (nSPS) is 10.3. The summed E-state index contributed by atoms with van der Waals surface area (Å²) in [4.78, 5) is 19.9. The summed E-state index contributed by atoms with van der Waals surface area (Å²) in [7, 11) is 0. The lowest BCUT2D eigenvalue weighted by atomic mass is 10.1. The fourth-order valence-electron chi connectivity index (χ4n) is 2.83. The third-order valence-corrected chi connectivity index (χ3v) is 4.26. The molecule has 0 atom stereocenters. The molecule has 6 nitrogen and oxygen atoms in total. The monoisotopic (exact) mass is 432 g/mol. The number of hydrogen-bond donors (Lipinski definition) is 2. The van der Waals surface area contributed by atoms with Crippen LogP contribution < -0.4 is 0 Å². The maximum atomic E-state index is 11.1. The molecule has 0 unspecified atom stereocenters. The van der Waals surface area contributed by atoms with Crippen molar-refractivity contribution in [2.24, 2.45) is 4.99 Å². The maximum Gasteiger partial charge on any atom is 0.335 e. The highest BCUT2D eigenvalue weighted by Crippen LogP contribution is 2.28. The van der Waals surface area contributed by atoms with Gasteiger partial charge in [-0.15, -0.1) is 0 Å². The first-order chi connectivity index (χ1) is 15.5. The minimum Gasteiger partial charge on any atom is -0.507 e. The fourth-order valence-corrected chi connectivity index (χ4v) is 2.83. The van der Waals surface area contributed by atoms with E-state index in [1.165, 1.54) is 24.4 Å². The SMILES string of the molecule is CC.CC.Cc1cccc(-c2nc3cc(N=Cc4cc(C(=O)O)ccc4O)ccc3o2)c1. The summed E-state index contributed by atoms with van der Waals surface area (Å²) in [6.45, 7) is 10.0. The lowest BCUT2D eigenvalue weighted by Crippen LogP contribution is -1.97. The van der Waals surface area contributed by atoms with E-state index in [0.29, 0.717) is 28.2 Å². The predicted octanol–water partition coefficient (Wildman–Crippen LogP) is 7.01. The van der Waals surface area contributed by atoms with Gasteiger partial charge in [0, 0.05) is 17.3 Å². The first-order valence-corrected chi connectivity index (χ1v) is 10.6. The van der Waals surface area contributed by atoms with Crippen molar-refractivity contribution in [2.75, 3.05) is 0 Å². The minimum atomic E-state index is -1.07. The summed E-state index contributed by atoms with van der Waals surface area (Å²) in [5.41, 5.74) is 4.33. The van der Waals surface area contributed by atoms with Crippen molar-refractivity contribution in [2.45, 2.75) is 34.6 Å². The molecule has 4 aromatic rings. The number of benzene rings is 3. The zero-order chi connectivity index (χ0) is 23.7. The second-order valence-electron chi connectivity index (χ2n) is 6.38. The van der Waals surface area contributed by atoms with E-state index in [4.69, 9.17) is 9.52 Å². The van der Waals surface area contributed by atoms with Gasteiger partial charge < -0.3 is 14.6 Å². The summed E-state index contributed by atoms with van der Waals surface area (Å²) in [5.74, 6) is -0.577. The maximum absolute atomic E-state index is 11.1. The molecule has 0 amide bonds. The molecule has 1 aromatic heterocycles. The Kier molecular flexibility index (Phi) is 8.72. The molecule has 2 N–H and O–H groups in total. The molecular weight excluding hydrogens is 404 g/mol. The molecule has 0 radical (unpaired) electrons. The molecule has 0 aliphatic heterocycles. The highest BCUT2D eigenvalue weighted by Gasteiger charge is 2.09. The summed E-state index contributed by atoms with van der Waals surface area (Å²) in [6.07, 6.45) is 1.42.